The Bertz CT molecular complexity index is 347. The minimum absolute atomic E-state index is 0.270. The van der Waals surface area contributed by atoms with Gasteiger partial charge in [-0.05, 0) is 36.8 Å². The first-order chi connectivity index (χ1) is 8.81. The summed E-state index contributed by atoms with van der Waals surface area (Å²) in [5, 5.41) is 9.98. The van der Waals surface area contributed by atoms with Crippen molar-refractivity contribution in [3.63, 3.8) is 0 Å². The first kappa shape index (κ1) is 13.6. The van der Waals surface area contributed by atoms with Crippen LogP contribution in [-0.4, -0.2) is 36.6 Å². The van der Waals surface area contributed by atoms with Crippen LogP contribution in [0.2, 0.25) is 0 Å². The lowest BCUT2D eigenvalue weighted by molar-refractivity contribution is 0.0976. The normalized spacial score (nSPS) is 17.0. The summed E-state index contributed by atoms with van der Waals surface area (Å²) in [5.74, 6) is 0.492. The molecular weight excluding hydrogens is 230 g/mol. The Kier molecular flexibility index (Phi) is 5.23. The Morgan fingerprint density at radius 2 is 2.22 bits per heavy atom. The van der Waals surface area contributed by atoms with E-state index in [2.05, 4.69) is 4.57 Å². The smallest absolute Gasteiger partial charge is 0.0832 e. The van der Waals surface area contributed by atoms with E-state index in [1.165, 1.54) is 0 Å². The second kappa shape index (κ2) is 6.92. The maximum Gasteiger partial charge on any atom is 0.0832 e. The van der Waals surface area contributed by atoms with Gasteiger partial charge in [0.05, 0.1) is 12.7 Å². The molecule has 1 aliphatic rings. The lowest BCUT2D eigenvalue weighted by Crippen LogP contribution is -2.06. The highest BCUT2D eigenvalue weighted by molar-refractivity contribution is 5.16. The summed E-state index contributed by atoms with van der Waals surface area (Å²) in [6.45, 7) is 3.04. The third-order valence-electron chi connectivity index (χ3n) is 3.31. The molecule has 0 saturated heterocycles. The van der Waals surface area contributed by atoms with Gasteiger partial charge in [0.15, 0.2) is 0 Å². The standard InChI is InChI=1S/C14H23NO3/c1-17-8-2-9-18-10-7-15-6-5-13(11-15)14(16)12-3-4-12/h5-6,11-12,14,16H,2-4,7-10H2,1H3. The van der Waals surface area contributed by atoms with E-state index in [1.807, 2.05) is 18.5 Å². The molecule has 1 saturated carbocycles. The molecule has 1 N–H and O–H groups in total. The van der Waals surface area contributed by atoms with Crippen molar-refractivity contribution in [3.8, 4) is 0 Å². The zero-order valence-corrected chi connectivity index (χ0v) is 11.0. The van der Waals surface area contributed by atoms with Crippen molar-refractivity contribution in [3.05, 3.63) is 24.0 Å². The summed E-state index contributed by atoms with van der Waals surface area (Å²) >= 11 is 0. The van der Waals surface area contributed by atoms with E-state index in [-0.39, 0.29) is 6.10 Å². The van der Waals surface area contributed by atoms with Crippen LogP contribution >= 0.6 is 0 Å². The molecule has 0 bridgehead atoms. The van der Waals surface area contributed by atoms with Crippen molar-refractivity contribution in [2.45, 2.75) is 31.9 Å². The van der Waals surface area contributed by atoms with E-state index in [0.717, 1.165) is 44.6 Å². The minimum atomic E-state index is -0.270. The molecule has 1 aromatic heterocycles. The number of rotatable bonds is 9. The fourth-order valence-electron chi connectivity index (χ4n) is 2.03. The molecule has 0 aromatic carbocycles. The Morgan fingerprint density at radius 1 is 1.39 bits per heavy atom. The Morgan fingerprint density at radius 3 is 2.94 bits per heavy atom. The molecule has 1 heterocycles. The number of methoxy groups -OCH3 is 1. The maximum atomic E-state index is 9.98. The van der Waals surface area contributed by atoms with Gasteiger partial charge in [0, 0.05) is 39.3 Å². The Labute approximate surface area is 109 Å². The molecule has 1 atom stereocenters. The van der Waals surface area contributed by atoms with Crippen LogP contribution in [0, 0.1) is 5.92 Å². The van der Waals surface area contributed by atoms with Crippen molar-refractivity contribution in [1.82, 2.24) is 4.57 Å². The Balaban J connectivity index is 1.64. The van der Waals surface area contributed by atoms with Crippen LogP contribution < -0.4 is 0 Å². The predicted molar refractivity (Wildman–Crippen MR) is 69.4 cm³/mol. The number of aromatic nitrogens is 1. The van der Waals surface area contributed by atoms with E-state index >= 15 is 0 Å². The SMILES string of the molecule is COCCCOCCn1ccc(C(O)C2CC2)c1. The zero-order chi connectivity index (χ0) is 12.8. The number of hydrogen-bond acceptors (Lipinski definition) is 3. The monoisotopic (exact) mass is 253 g/mol. The number of hydrogen-bond donors (Lipinski definition) is 1. The van der Waals surface area contributed by atoms with Crippen molar-refractivity contribution < 1.29 is 14.6 Å². The minimum Gasteiger partial charge on any atom is -0.388 e. The molecule has 18 heavy (non-hydrogen) atoms. The van der Waals surface area contributed by atoms with E-state index in [4.69, 9.17) is 9.47 Å². The summed E-state index contributed by atoms with van der Waals surface area (Å²) in [4.78, 5) is 0. The molecular formula is C14H23NO3. The molecule has 1 fully saturated rings. The topological polar surface area (TPSA) is 43.6 Å². The molecule has 4 nitrogen and oxygen atoms in total. The highest BCUT2D eigenvalue weighted by atomic mass is 16.5. The van der Waals surface area contributed by atoms with Gasteiger partial charge >= 0.3 is 0 Å². The van der Waals surface area contributed by atoms with Crippen LogP contribution in [0.25, 0.3) is 0 Å². The van der Waals surface area contributed by atoms with E-state index in [1.54, 1.807) is 7.11 Å². The quantitative estimate of drug-likeness (QED) is 0.684. The maximum absolute atomic E-state index is 9.98. The average Bonchev–Trinajstić information content (AvgIpc) is 3.12. The van der Waals surface area contributed by atoms with E-state index in [9.17, 15) is 5.11 Å². The van der Waals surface area contributed by atoms with Crippen LogP contribution in [0.3, 0.4) is 0 Å². The lowest BCUT2D eigenvalue weighted by Gasteiger charge is -2.07. The first-order valence-electron chi connectivity index (χ1n) is 6.71. The first-order valence-corrected chi connectivity index (χ1v) is 6.71. The van der Waals surface area contributed by atoms with Crippen LogP contribution in [0.4, 0.5) is 0 Å². The molecule has 0 spiro atoms. The molecule has 4 heteroatoms. The highest BCUT2D eigenvalue weighted by Crippen LogP contribution is 2.40. The zero-order valence-electron chi connectivity index (χ0n) is 11.0. The van der Waals surface area contributed by atoms with Gasteiger partial charge in [0.25, 0.3) is 0 Å². The van der Waals surface area contributed by atoms with Crippen molar-refractivity contribution in [2.75, 3.05) is 26.9 Å². The number of ether oxygens (including phenoxy) is 2. The van der Waals surface area contributed by atoms with Gasteiger partial charge in [-0.1, -0.05) is 0 Å². The van der Waals surface area contributed by atoms with Gasteiger partial charge in [0.1, 0.15) is 0 Å². The van der Waals surface area contributed by atoms with Gasteiger partial charge < -0.3 is 19.1 Å². The van der Waals surface area contributed by atoms with Crippen LogP contribution in [0.5, 0.6) is 0 Å². The van der Waals surface area contributed by atoms with Gasteiger partial charge in [-0.2, -0.15) is 0 Å². The molecule has 1 aromatic rings. The molecule has 1 aliphatic carbocycles. The molecule has 0 radical (unpaired) electrons. The summed E-state index contributed by atoms with van der Waals surface area (Å²) in [7, 11) is 1.70. The predicted octanol–water partition coefficient (Wildman–Crippen LogP) is 1.98. The Hall–Kier alpha value is -0.840. The van der Waals surface area contributed by atoms with Gasteiger partial charge in [-0.3, -0.25) is 0 Å². The second-order valence-electron chi connectivity index (χ2n) is 4.92. The molecule has 1 unspecified atom stereocenters. The summed E-state index contributed by atoms with van der Waals surface area (Å²) < 4.78 is 12.5. The molecule has 0 aliphatic heterocycles. The molecule has 2 rings (SSSR count). The average molecular weight is 253 g/mol. The van der Waals surface area contributed by atoms with Crippen LogP contribution in [-0.2, 0) is 16.0 Å². The second-order valence-corrected chi connectivity index (χ2v) is 4.92. The highest BCUT2D eigenvalue weighted by Gasteiger charge is 2.31. The molecule has 0 amide bonds. The van der Waals surface area contributed by atoms with E-state index in [0.29, 0.717) is 12.5 Å². The van der Waals surface area contributed by atoms with Crippen LogP contribution in [0.1, 0.15) is 30.9 Å². The van der Waals surface area contributed by atoms with E-state index < -0.39 is 0 Å². The van der Waals surface area contributed by atoms with Crippen LogP contribution in [0.15, 0.2) is 18.5 Å². The van der Waals surface area contributed by atoms with Crippen molar-refractivity contribution in [1.29, 1.82) is 0 Å². The number of nitrogens with zero attached hydrogens (tertiary/aromatic N) is 1. The van der Waals surface area contributed by atoms with Crippen molar-refractivity contribution >= 4 is 0 Å². The van der Waals surface area contributed by atoms with Crippen molar-refractivity contribution in [2.24, 2.45) is 5.92 Å². The van der Waals surface area contributed by atoms with Gasteiger partial charge in [0.2, 0.25) is 0 Å². The largest absolute Gasteiger partial charge is 0.388 e. The fraction of sp³-hybridized carbons (Fsp3) is 0.714. The third-order valence-corrected chi connectivity index (χ3v) is 3.31. The fourth-order valence-corrected chi connectivity index (χ4v) is 2.03. The summed E-state index contributed by atoms with van der Waals surface area (Å²) in [5.41, 5.74) is 1.04. The summed E-state index contributed by atoms with van der Waals surface area (Å²) in [6, 6.07) is 2.01. The van der Waals surface area contributed by atoms with Gasteiger partial charge in [-0.25, -0.2) is 0 Å². The third kappa shape index (κ3) is 4.12. The van der Waals surface area contributed by atoms with Gasteiger partial charge in [-0.15, -0.1) is 0 Å². The molecule has 102 valence electrons. The number of aliphatic hydroxyl groups excluding tert-OH is 1. The lowest BCUT2D eigenvalue weighted by atomic mass is 10.1. The summed E-state index contributed by atoms with van der Waals surface area (Å²) in [6.07, 6.45) is 7.03. The number of aliphatic hydroxyl groups is 1.